The zero-order chi connectivity index (χ0) is 56.6. The largest absolute Gasteiger partial charge is 0.370 e. The van der Waals surface area contributed by atoms with Crippen LogP contribution in [0, 0.1) is 0 Å². The highest BCUT2D eigenvalue weighted by atomic mass is 16.2. The fourth-order valence-corrected chi connectivity index (χ4v) is 10.6. The number of nitrogens with two attached hydrogens (primary N) is 3. The molecule has 0 aliphatic carbocycles. The van der Waals surface area contributed by atoms with Gasteiger partial charge in [-0.25, -0.2) is 0 Å². The van der Waals surface area contributed by atoms with Gasteiger partial charge in [-0.05, 0) is 68.6 Å². The molecule has 422 valence electrons. The minimum Gasteiger partial charge on any atom is -0.370 e. The lowest BCUT2D eigenvalue weighted by Gasteiger charge is -2.33. The van der Waals surface area contributed by atoms with Crippen molar-refractivity contribution in [3.63, 3.8) is 0 Å². The predicted octanol–water partition coefficient (Wildman–Crippen LogP) is -0.316. The van der Waals surface area contributed by atoms with Crippen molar-refractivity contribution in [3.05, 3.63) is 83.7 Å². The van der Waals surface area contributed by atoms with Gasteiger partial charge in [-0.2, -0.15) is 0 Å². The Kier molecular flexibility index (Phi) is 20.5. The van der Waals surface area contributed by atoms with Crippen LogP contribution >= 0.6 is 0 Å². The van der Waals surface area contributed by atoms with Gasteiger partial charge in [-0.15, -0.1) is 0 Å². The maximum atomic E-state index is 15.0. The van der Waals surface area contributed by atoms with E-state index < -0.39 is 114 Å². The van der Waals surface area contributed by atoms with E-state index >= 15 is 4.79 Å². The predicted molar refractivity (Wildman–Crippen MR) is 292 cm³/mol. The van der Waals surface area contributed by atoms with Crippen LogP contribution in [0.2, 0.25) is 0 Å². The summed E-state index contributed by atoms with van der Waals surface area (Å²) in [5.41, 5.74) is 19.4. The van der Waals surface area contributed by atoms with E-state index in [2.05, 4.69) is 46.9 Å². The molecule has 2 aromatic carbocycles. The fraction of sp³-hybridized carbons (Fsp3) is 0.491. The number of H-pyrrole nitrogens is 1. The number of carbonyl (C=O) groups is 10. The Bertz CT molecular complexity index is 2850. The van der Waals surface area contributed by atoms with Crippen molar-refractivity contribution in [2.45, 2.75) is 152 Å². The monoisotopic (exact) mass is 1090 g/mol. The highest BCUT2D eigenvalue weighted by Crippen LogP contribution is 2.27. The number of nitrogens with zero attached hydrogens (tertiary/aromatic N) is 4. The Morgan fingerprint density at radius 1 is 0.684 bits per heavy atom. The average Bonchev–Trinajstić information content (AvgIpc) is 4.31. The van der Waals surface area contributed by atoms with Gasteiger partial charge >= 0.3 is 0 Å². The number of carbonyl (C=O) groups excluding carboxylic acids is 10. The minimum atomic E-state index is -1.55. The Labute approximate surface area is 457 Å². The molecule has 0 unspecified atom stereocenters. The SMILES string of the molecule is CC(=O)N[C@H]1CCCCC(=O)C[C@@H](C(=O)N2CCC[C@H]2C(=O)N2CCC[C@H]2C(N)=O)NC(=O)[C@H](Cc2c[nH]c3ccccc23)NC(=O)[C@H](CCCN=C(N)N)NC(=O)[C@@H](Cc2ccccc2)NC(=O)[C@H](CC2=CCC=N2)NC1=O. The number of rotatable bonds is 14. The molecular formula is C55H72N14O10. The van der Waals surface area contributed by atoms with E-state index in [1.54, 1.807) is 54.9 Å². The lowest BCUT2D eigenvalue weighted by Crippen LogP contribution is -2.61. The van der Waals surface area contributed by atoms with Crippen LogP contribution in [0.5, 0.6) is 0 Å². The van der Waals surface area contributed by atoms with Gasteiger partial charge in [-0.3, -0.25) is 57.9 Å². The summed E-state index contributed by atoms with van der Waals surface area (Å²) >= 11 is 0. The third-order valence-electron chi connectivity index (χ3n) is 14.6. The van der Waals surface area contributed by atoms with Crippen molar-refractivity contribution in [2.24, 2.45) is 27.2 Å². The summed E-state index contributed by atoms with van der Waals surface area (Å²) in [5.74, 6) is -7.03. The van der Waals surface area contributed by atoms with Crippen LogP contribution in [-0.4, -0.2) is 154 Å². The second-order valence-corrected chi connectivity index (χ2v) is 20.5. The molecule has 24 heteroatoms. The molecule has 0 bridgehead atoms. The molecule has 3 saturated heterocycles. The van der Waals surface area contributed by atoms with Crippen LogP contribution in [0.3, 0.4) is 0 Å². The van der Waals surface area contributed by atoms with Gasteiger partial charge in [0.05, 0.1) is 0 Å². The minimum absolute atomic E-state index is 0.0339. The zero-order valence-corrected chi connectivity index (χ0v) is 44.4. The van der Waals surface area contributed by atoms with Crippen molar-refractivity contribution in [1.82, 2.24) is 46.7 Å². The van der Waals surface area contributed by atoms with E-state index in [4.69, 9.17) is 17.2 Å². The number of aromatic nitrogens is 1. The van der Waals surface area contributed by atoms with Gasteiger partial charge in [0.15, 0.2) is 5.96 Å². The summed E-state index contributed by atoms with van der Waals surface area (Å²) in [6.07, 6.45) is 6.72. The van der Waals surface area contributed by atoms with Crippen LogP contribution < -0.4 is 49.1 Å². The summed E-state index contributed by atoms with van der Waals surface area (Å²) in [5, 5.41) is 17.3. The number of allylic oxidation sites excluding steroid dienone is 1. The number of benzene rings is 2. The quantitative estimate of drug-likeness (QED) is 0.0565. The van der Waals surface area contributed by atoms with E-state index in [0.29, 0.717) is 42.5 Å². The van der Waals surface area contributed by atoms with Gasteiger partial charge in [0, 0.05) is 94.1 Å². The van der Waals surface area contributed by atoms with Crippen LogP contribution in [0.25, 0.3) is 10.9 Å². The molecule has 79 heavy (non-hydrogen) atoms. The van der Waals surface area contributed by atoms with Crippen molar-refractivity contribution in [1.29, 1.82) is 0 Å². The van der Waals surface area contributed by atoms with Crippen molar-refractivity contribution >= 4 is 82.0 Å². The molecule has 24 nitrogen and oxygen atoms in total. The molecule has 0 radical (unpaired) electrons. The molecule has 3 aromatic rings. The highest BCUT2D eigenvalue weighted by molar-refractivity contribution is 6.00. The number of hydrogen-bond acceptors (Lipinski definition) is 12. The van der Waals surface area contributed by atoms with E-state index in [1.807, 2.05) is 18.2 Å². The van der Waals surface area contributed by atoms with E-state index in [-0.39, 0.29) is 89.8 Å². The van der Waals surface area contributed by atoms with Gasteiger partial charge < -0.3 is 63.9 Å². The number of Topliss-reactive ketones (excluding diaryl/α,β-unsaturated/α-hetero) is 1. The first-order valence-electron chi connectivity index (χ1n) is 27.0. The Morgan fingerprint density at radius 3 is 1.99 bits per heavy atom. The van der Waals surface area contributed by atoms with Crippen molar-refractivity contribution < 1.29 is 47.9 Å². The van der Waals surface area contributed by atoms with Gasteiger partial charge in [0.1, 0.15) is 54.1 Å². The summed E-state index contributed by atoms with van der Waals surface area (Å²) in [6, 6.07) is 6.00. The summed E-state index contributed by atoms with van der Waals surface area (Å²) in [4.78, 5) is 156. The average molecular weight is 1090 g/mol. The molecule has 7 rings (SSSR count). The Hall–Kier alpha value is -8.44. The molecule has 8 atom stereocenters. The molecule has 13 N–H and O–H groups in total. The molecule has 0 saturated carbocycles. The third kappa shape index (κ3) is 16.1. The zero-order valence-electron chi connectivity index (χ0n) is 44.4. The number of likely N-dealkylation sites (tertiary alicyclic amines) is 2. The molecule has 3 fully saturated rings. The third-order valence-corrected chi connectivity index (χ3v) is 14.6. The first-order valence-corrected chi connectivity index (χ1v) is 27.0. The van der Waals surface area contributed by atoms with Crippen LogP contribution in [-0.2, 0) is 60.8 Å². The smallest absolute Gasteiger partial charge is 0.246 e. The number of para-hydroxylation sites is 1. The molecule has 0 spiro atoms. The van der Waals surface area contributed by atoms with Crippen molar-refractivity contribution in [2.75, 3.05) is 19.6 Å². The first-order chi connectivity index (χ1) is 37.9. The van der Waals surface area contributed by atoms with E-state index in [0.717, 1.165) is 10.9 Å². The number of nitrogens with one attached hydrogen (secondary N) is 7. The molecule has 9 amide bonds. The van der Waals surface area contributed by atoms with Crippen LogP contribution in [0.15, 0.2) is 82.6 Å². The standard InChI is InChI=1S/C55H72N14O10/c1-32(70)62-39-19-7-5-16-36(71)30-44(53(78)69-26-12-22-46(69)54(79)68-25-11-21-45(68)47(56)72)67-51(76)42(28-34-31-61-38-18-8-6-17-37(34)38)65-49(74)40(20-10-24-60-55(57)58)63-50(75)41(27-33-13-3-2-4-14-33)64-52(77)43(66-48(39)73)29-35-15-9-23-59-35/h2-4,6,8,13-15,17-18,23,31,39-46,61H,5,7,9-12,16,19-22,24-30H2,1H3,(H2,56,72)(H,62,70)(H,63,75)(H,64,77)(H,65,74)(H,66,73)(H,67,76)(H4,57,58,60)/t39-,40-,41+,42-,43-,44-,45-,46-/m0/s1. The summed E-state index contributed by atoms with van der Waals surface area (Å²) in [7, 11) is 0. The summed E-state index contributed by atoms with van der Waals surface area (Å²) < 4.78 is 0. The van der Waals surface area contributed by atoms with Crippen LogP contribution in [0.4, 0.5) is 0 Å². The van der Waals surface area contributed by atoms with E-state index in [9.17, 15) is 43.2 Å². The number of guanidine groups is 1. The maximum absolute atomic E-state index is 15.0. The van der Waals surface area contributed by atoms with Crippen molar-refractivity contribution in [3.8, 4) is 0 Å². The first kappa shape index (κ1) is 58.2. The number of primary amides is 1. The molecule has 4 aliphatic rings. The number of ketones is 1. The van der Waals surface area contributed by atoms with Gasteiger partial charge in [0.2, 0.25) is 53.2 Å². The maximum Gasteiger partial charge on any atom is 0.246 e. The lowest BCUT2D eigenvalue weighted by atomic mass is 9.99. The normalized spacial score (nSPS) is 24.9. The number of aliphatic imine (C=N–C) groups is 2. The Morgan fingerprint density at radius 2 is 1.30 bits per heavy atom. The highest BCUT2D eigenvalue weighted by Gasteiger charge is 2.44. The fourth-order valence-electron chi connectivity index (χ4n) is 10.6. The second-order valence-electron chi connectivity index (χ2n) is 20.5. The van der Waals surface area contributed by atoms with Gasteiger partial charge in [-0.1, -0.05) is 61.0 Å². The van der Waals surface area contributed by atoms with Gasteiger partial charge in [0.25, 0.3) is 0 Å². The number of amides is 9. The Balaban J connectivity index is 1.27. The number of aromatic amines is 1. The molecule has 1 aromatic heterocycles. The van der Waals surface area contributed by atoms with E-state index in [1.165, 1.54) is 16.7 Å². The summed E-state index contributed by atoms with van der Waals surface area (Å²) in [6.45, 7) is 1.64. The molecular weight excluding hydrogens is 1020 g/mol. The molecule has 4 aliphatic heterocycles. The molecule has 5 heterocycles. The second kappa shape index (κ2) is 27.7. The lowest BCUT2D eigenvalue weighted by molar-refractivity contribution is -0.148. The topological polar surface area (TPSA) is 368 Å². The van der Waals surface area contributed by atoms with Crippen LogP contribution in [0.1, 0.15) is 102 Å². The number of hydrogen-bond donors (Lipinski definition) is 10. The number of fused-ring (bicyclic) bond motifs is 1.